The van der Waals surface area contributed by atoms with Crippen molar-refractivity contribution in [3.05, 3.63) is 23.0 Å². The Morgan fingerprint density at radius 2 is 2.12 bits per heavy atom. The largest absolute Gasteiger partial charge is 0.505 e. The molecule has 1 heterocycles. The van der Waals surface area contributed by atoms with Gasteiger partial charge in [-0.3, -0.25) is 9.78 Å². The first-order valence-electron chi connectivity index (χ1n) is 4.85. The monoisotopic (exact) mass is 223 g/mol. The highest BCUT2D eigenvalue weighted by molar-refractivity contribution is 6.07. The van der Waals surface area contributed by atoms with Crippen LogP contribution in [0.5, 0.6) is 5.75 Å². The summed E-state index contributed by atoms with van der Waals surface area (Å²) >= 11 is 0. The molecule has 0 spiro atoms. The fraction of sp³-hybridized carbons (Fsp3) is 0.364. The van der Waals surface area contributed by atoms with Gasteiger partial charge in [-0.15, -0.1) is 0 Å². The number of hydrogen-bond donors (Lipinski definition) is 1. The third kappa shape index (κ3) is 2.18. The van der Waals surface area contributed by atoms with Crippen molar-refractivity contribution < 1.29 is 19.4 Å². The van der Waals surface area contributed by atoms with E-state index in [2.05, 4.69) is 4.98 Å². The molecule has 1 rings (SSSR count). The van der Waals surface area contributed by atoms with Crippen molar-refractivity contribution in [2.75, 3.05) is 6.61 Å². The van der Waals surface area contributed by atoms with Crippen molar-refractivity contribution in [2.45, 2.75) is 20.8 Å². The number of aromatic hydroxyl groups is 1. The molecule has 0 unspecified atom stereocenters. The van der Waals surface area contributed by atoms with E-state index in [4.69, 9.17) is 4.74 Å². The van der Waals surface area contributed by atoms with E-state index in [1.807, 2.05) is 0 Å². The maximum absolute atomic E-state index is 11.5. The van der Waals surface area contributed by atoms with E-state index in [1.54, 1.807) is 13.8 Å². The molecule has 0 aliphatic heterocycles. The Hall–Kier alpha value is -1.91. The summed E-state index contributed by atoms with van der Waals surface area (Å²) in [5.74, 6) is -1.32. The first-order chi connectivity index (χ1) is 7.49. The molecular weight excluding hydrogens is 210 g/mol. The lowest BCUT2D eigenvalue weighted by atomic mass is 10.0. The summed E-state index contributed by atoms with van der Waals surface area (Å²) in [5, 5.41) is 9.67. The Morgan fingerprint density at radius 3 is 2.62 bits per heavy atom. The van der Waals surface area contributed by atoms with Crippen LogP contribution in [0.4, 0.5) is 0 Å². The van der Waals surface area contributed by atoms with E-state index in [9.17, 15) is 14.7 Å². The number of aromatic nitrogens is 1. The molecule has 5 nitrogen and oxygen atoms in total. The molecule has 0 fully saturated rings. The van der Waals surface area contributed by atoms with Crippen molar-refractivity contribution in [3.63, 3.8) is 0 Å². The number of ketones is 1. The van der Waals surface area contributed by atoms with Gasteiger partial charge in [0.1, 0.15) is 5.75 Å². The van der Waals surface area contributed by atoms with Crippen LogP contribution in [0, 0.1) is 6.92 Å². The fourth-order valence-electron chi connectivity index (χ4n) is 1.32. The van der Waals surface area contributed by atoms with E-state index in [0.717, 1.165) is 0 Å². The van der Waals surface area contributed by atoms with Crippen LogP contribution < -0.4 is 0 Å². The molecule has 5 heteroatoms. The van der Waals surface area contributed by atoms with Crippen LogP contribution in [0.2, 0.25) is 0 Å². The smallest absolute Gasteiger partial charge is 0.340 e. The van der Waals surface area contributed by atoms with Gasteiger partial charge in [0.15, 0.2) is 5.78 Å². The average molecular weight is 223 g/mol. The fourth-order valence-corrected chi connectivity index (χ4v) is 1.32. The summed E-state index contributed by atoms with van der Waals surface area (Å²) in [5.41, 5.74) is 0.265. The highest BCUT2D eigenvalue weighted by Gasteiger charge is 2.21. The van der Waals surface area contributed by atoms with Gasteiger partial charge in [-0.25, -0.2) is 4.79 Å². The van der Waals surface area contributed by atoms with Gasteiger partial charge in [-0.2, -0.15) is 0 Å². The zero-order valence-electron chi connectivity index (χ0n) is 9.40. The molecule has 0 aliphatic rings. The van der Waals surface area contributed by atoms with Crippen molar-refractivity contribution in [2.24, 2.45) is 0 Å². The van der Waals surface area contributed by atoms with Gasteiger partial charge in [-0.05, 0) is 20.8 Å². The van der Waals surface area contributed by atoms with Gasteiger partial charge in [0.25, 0.3) is 0 Å². The van der Waals surface area contributed by atoms with E-state index in [0.29, 0.717) is 5.69 Å². The normalized spacial score (nSPS) is 9.94. The van der Waals surface area contributed by atoms with Crippen LogP contribution in [0.1, 0.15) is 40.3 Å². The number of Topliss-reactive ketones (excluding diaryl/α,β-unsaturated/α-hetero) is 1. The average Bonchev–Trinajstić information content (AvgIpc) is 2.21. The number of esters is 1. The molecular formula is C11H13NO4. The van der Waals surface area contributed by atoms with Crippen LogP contribution in [0.15, 0.2) is 6.20 Å². The first-order valence-corrected chi connectivity index (χ1v) is 4.85. The number of nitrogens with zero attached hydrogens (tertiary/aromatic N) is 1. The summed E-state index contributed by atoms with van der Waals surface area (Å²) in [4.78, 5) is 26.7. The van der Waals surface area contributed by atoms with Crippen LogP contribution >= 0.6 is 0 Å². The van der Waals surface area contributed by atoms with Gasteiger partial charge < -0.3 is 9.84 Å². The Bertz CT molecular complexity index is 440. The zero-order chi connectivity index (χ0) is 12.3. The number of ether oxygens (including phenoxy) is 1. The van der Waals surface area contributed by atoms with Crippen LogP contribution in [0.25, 0.3) is 0 Å². The van der Waals surface area contributed by atoms with Crippen molar-refractivity contribution in [1.82, 2.24) is 4.98 Å². The van der Waals surface area contributed by atoms with Crippen molar-refractivity contribution >= 4 is 11.8 Å². The minimum atomic E-state index is -0.657. The van der Waals surface area contributed by atoms with E-state index in [1.165, 1.54) is 13.1 Å². The van der Waals surface area contributed by atoms with Gasteiger partial charge in [-0.1, -0.05) is 0 Å². The molecule has 1 aromatic heterocycles. The maximum Gasteiger partial charge on any atom is 0.340 e. The van der Waals surface area contributed by atoms with Gasteiger partial charge in [0.2, 0.25) is 0 Å². The van der Waals surface area contributed by atoms with Crippen molar-refractivity contribution in [3.8, 4) is 5.75 Å². The third-order valence-corrected chi connectivity index (χ3v) is 2.08. The summed E-state index contributed by atoms with van der Waals surface area (Å²) in [7, 11) is 0. The third-order valence-electron chi connectivity index (χ3n) is 2.08. The molecule has 0 aliphatic carbocycles. The molecule has 0 radical (unpaired) electrons. The van der Waals surface area contributed by atoms with E-state index in [-0.39, 0.29) is 23.5 Å². The number of pyridine rings is 1. The number of rotatable bonds is 3. The predicted octanol–water partition coefficient (Wildman–Crippen LogP) is 1.47. The first kappa shape index (κ1) is 12.2. The van der Waals surface area contributed by atoms with Crippen LogP contribution in [-0.2, 0) is 4.74 Å². The van der Waals surface area contributed by atoms with Crippen LogP contribution in [0.3, 0.4) is 0 Å². The lowest BCUT2D eigenvalue weighted by molar-refractivity contribution is 0.0522. The Balaban J connectivity index is 3.34. The van der Waals surface area contributed by atoms with Gasteiger partial charge in [0, 0.05) is 6.20 Å². The summed E-state index contributed by atoms with van der Waals surface area (Å²) < 4.78 is 4.77. The second-order valence-corrected chi connectivity index (χ2v) is 3.26. The second-order valence-electron chi connectivity index (χ2n) is 3.26. The molecule has 16 heavy (non-hydrogen) atoms. The molecule has 0 atom stereocenters. The Labute approximate surface area is 93.1 Å². The molecule has 0 amide bonds. The lowest BCUT2D eigenvalue weighted by Crippen LogP contribution is -2.12. The van der Waals surface area contributed by atoms with Crippen molar-refractivity contribution in [1.29, 1.82) is 0 Å². The summed E-state index contributed by atoms with van der Waals surface area (Å²) in [6.07, 6.45) is 1.24. The van der Waals surface area contributed by atoms with E-state index < -0.39 is 11.8 Å². The Morgan fingerprint density at radius 1 is 1.50 bits per heavy atom. The number of carbonyl (C=O) groups is 2. The molecule has 0 saturated carbocycles. The summed E-state index contributed by atoms with van der Waals surface area (Å²) in [6.45, 7) is 4.69. The molecule has 86 valence electrons. The standard InChI is InChI=1S/C11H13NO4/c1-4-16-11(15)8-5-12-6(2)10(14)9(8)7(3)13/h5,14H,4H2,1-3H3. The highest BCUT2D eigenvalue weighted by Crippen LogP contribution is 2.24. The molecule has 1 aromatic rings. The van der Waals surface area contributed by atoms with E-state index >= 15 is 0 Å². The molecule has 1 N–H and O–H groups in total. The zero-order valence-corrected chi connectivity index (χ0v) is 9.40. The number of carbonyl (C=O) groups excluding carboxylic acids is 2. The van der Waals surface area contributed by atoms with Gasteiger partial charge in [0.05, 0.1) is 23.4 Å². The number of aryl methyl sites for hydroxylation is 1. The molecule has 0 saturated heterocycles. The number of hydrogen-bond acceptors (Lipinski definition) is 5. The maximum atomic E-state index is 11.5. The SMILES string of the molecule is CCOC(=O)c1cnc(C)c(O)c1C(C)=O. The minimum Gasteiger partial charge on any atom is -0.505 e. The quantitative estimate of drug-likeness (QED) is 0.620. The minimum absolute atomic E-state index is 0.00236. The van der Waals surface area contributed by atoms with Crippen LogP contribution in [-0.4, -0.2) is 28.4 Å². The molecule has 0 aromatic carbocycles. The van der Waals surface area contributed by atoms with Gasteiger partial charge >= 0.3 is 5.97 Å². The molecule has 0 bridgehead atoms. The second kappa shape index (κ2) is 4.74. The summed E-state index contributed by atoms with van der Waals surface area (Å²) in [6, 6.07) is 0. The highest BCUT2D eigenvalue weighted by atomic mass is 16.5. The lowest BCUT2D eigenvalue weighted by Gasteiger charge is -2.09. The predicted molar refractivity (Wildman–Crippen MR) is 56.6 cm³/mol. The Kier molecular flexibility index (Phi) is 3.60. The topological polar surface area (TPSA) is 76.5 Å².